The average molecular weight is 184 g/mol. The van der Waals surface area contributed by atoms with E-state index < -0.39 is 0 Å². The largest absolute Gasteiger partial charge is 0.343 e. The van der Waals surface area contributed by atoms with Crippen LogP contribution in [-0.4, -0.2) is 5.84 Å². The van der Waals surface area contributed by atoms with E-state index in [4.69, 9.17) is 0 Å². The fraction of sp³-hybridized carbons (Fsp3) is 0.0833. The summed E-state index contributed by atoms with van der Waals surface area (Å²) in [6.45, 7) is 9.67. The lowest BCUT2D eigenvalue weighted by Crippen LogP contribution is -2.32. The Morgan fingerprint density at radius 3 is 2.93 bits per heavy atom. The van der Waals surface area contributed by atoms with Crippen LogP contribution in [0.5, 0.6) is 0 Å². The van der Waals surface area contributed by atoms with Gasteiger partial charge in [-0.3, -0.25) is 0 Å². The lowest BCUT2D eigenvalue weighted by molar-refractivity contribution is 1.38. The summed E-state index contributed by atoms with van der Waals surface area (Å²) in [5, 5.41) is 5.23. The van der Waals surface area contributed by atoms with E-state index in [-0.39, 0.29) is 0 Å². The van der Waals surface area contributed by atoms with Crippen LogP contribution in [0.25, 0.3) is 12.3 Å². The van der Waals surface area contributed by atoms with Crippen molar-refractivity contribution in [3.05, 3.63) is 41.3 Å². The number of rotatable bonds is 1. The number of benzene rings is 1. The van der Waals surface area contributed by atoms with Crippen molar-refractivity contribution in [1.82, 2.24) is 0 Å². The highest BCUT2D eigenvalue weighted by Crippen LogP contribution is 2.08. The molecule has 0 saturated heterocycles. The highest BCUT2D eigenvalue weighted by Gasteiger charge is 2.06. The lowest BCUT2D eigenvalue weighted by atomic mass is 10.1. The second-order valence-corrected chi connectivity index (χ2v) is 3.25. The first-order valence-corrected chi connectivity index (χ1v) is 4.49. The third-order valence-electron chi connectivity index (χ3n) is 2.20. The van der Waals surface area contributed by atoms with Crippen molar-refractivity contribution in [2.75, 3.05) is 5.32 Å². The summed E-state index contributed by atoms with van der Waals surface area (Å²) in [5.41, 5.74) is 1.95. The van der Waals surface area contributed by atoms with Gasteiger partial charge in [0.25, 0.3) is 0 Å². The molecule has 1 aliphatic rings. The van der Waals surface area contributed by atoms with Gasteiger partial charge in [0.2, 0.25) is 0 Å². The fourth-order valence-electron chi connectivity index (χ4n) is 1.61. The van der Waals surface area contributed by atoms with Crippen molar-refractivity contribution in [3.8, 4) is 0 Å². The summed E-state index contributed by atoms with van der Waals surface area (Å²) >= 11 is 0. The molecule has 0 unspecified atom stereocenters. The van der Waals surface area contributed by atoms with Crippen LogP contribution in [-0.2, 0) is 0 Å². The molecule has 0 atom stereocenters. The van der Waals surface area contributed by atoms with E-state index in [1.54, 1.807) is 6.08 Å². The number of anilines is 1. The molecule has 2 heteroatoms. The Bertz CT molecular complexity index is 524. The van der Waals surface area contributed by atoms with Gasteiger partial charge in [0, 0.05) is 10.9 Å². The molecule has 0 aliphatic carbocycles. The smallest absolute Gasteiger partial charge is 0.103 e. The normalized spacial score (nSPS) is 14.1. The summed E-state index contributed by atoms with van der Waals surface area (Å²) in [7, 11) is 0. The van der Waals surface area contributed by atoms with Gasteiger partial charge in [-0.05, 0) is 24.3 Å². The Hall–Kier alpha value is -1.83. The van der Waals surface area contributed by atoms with Gasteiger partial charge < -0.3 is 5.32 Å². The van der Waals surface area contributed by atoms with Crippen LogP contribution in [0, 0.1) is 0 Å². The molecular weight excluding hydrogens is 172 g/mol. The van der Waals surface area contributed by atoms with Crippen molar-refractivity contribution >= 4 is 23.8 Å². The third kappa shape index (κ3) is 1.25. The maximum atomic E-state index is 4.37. The van der Waals surface area contributed by atoms with Crippen LogP contribution in [0.15, 0.2) is 35.8 Å². The molecule has 0 bridgehead atoms. The number of amidine groups is 1. The third-order valence-corrected chi connectivity index (χ3v) is 2.20. The van der Waals surface area contributed by atoms with Gasteiger partial charge in [-0.2, -0.15) is 0 Å². The molecule has 0 aromatic heterocycles. The predicted octanol–water partition coefficient (Wildman–Crippen LogP) is 1.24. The zero-order valence-corrected chi connectivity index (χ0v) is 8.17. The maximum Gasteiger partial charge on any atom is 0.103 e. The van der Waals surface area contributed by atoms with Crippen molar-refractivity contribution < 1.29 is 0 Å². The van der Waals surface area contributed by atoms with Crippen LogP contribution >= 0.6 is 0 Å². The second-order valence-electron chi connectivity index (χ2n) is 3.25. The van der Waals surface area contributed by atoms with Gasteiger partial charge in [0.15, 0.2) is 0 Å². The monoisotopic (exact) mass is 184 g/mol. The highest BCUT2D eigenvalue weighted by atomic mass is 15.0. The fourth-order valence-corrected chi connectivity index (χ4v) is 1.61. The van der Waals surface area contributed by atoms with Gasteiger partial charge >= 0.3 is 0 Å². The summed E-state index contributed by atoms with van der Waals surface area (Å²) in [6, 6.07) is 5.97. The zero-order valence-electron chi connectivity index (χ0n) is 8.17. The molecule has 1 N–H and O–H groups in total. The van der Waals surface area contributed by atoms with Crippen LogP contribution in [0.4, 0.5) is 5.69 Å². The predicted molar refractivity (Wildman–Crippen MR) is 61.6 cm³/mol. The van der Waals surface area contributed by atoms with Gasteiger partial charge in [-0.1, -0.05) is 25.3 Å². The molecule has 0 radical (unpaired) electrons. The standard InChI is InChI=1S/C12H12N2/c1-4-10-12-8(2)6-5-7-11(12)14-9(3)13-10/h4-7H,1-2H2,3H3,(H,13,14). The number of aliphatic imine (C=N–C) groups is 1. The lowest BCUT2D eigenvalue weighted by Gasteiger charge is -2.13. The summed E-state index contributed by atoms with van der Waals surface area (Å²) in [5.74, 6) is 0.887. The first-order valence-electron chi connectivity index (χ1n) is 4.49. The minimum Gasteiger partial charge on any atom is -0.343 e. The Morgan fingerprint density at radius 1 is 1.43 bits per heavy atom. The van der Waals surface area contributed by atoms with Gasteiger partial charge in [-0.15, -0.1) is 0 Å². The molecule has 2 nitrogen and oxygen atoms in total. The first kappa shape index (κ1) is 8.75. The van der Waals surface area contributed by atoms with Crippen LogP contribution < -0.4 is 15.8 Å². The molecule has 0 fully saturated rings. The minimum atomic E-state index is 0.887. The Balaban J connectivity index is 2.93. The molecule has 1 heterocycles. The summed E-state index contributed by atoms with van der Waals surface area (Å²) < 4.78 is 0. The van der Waals surface area contributed by atoms with E-state index in [9.17, 15) is 0 Å². The molecule has 1 aromatic carbocycles. The van der Waals surface area contributed by atoms with Crippen LogP contribution in [0.2, 0.25) is 0 Å². The number of nitrogens with one attached hydrogen (secondary N) is 1. The Labute approximate surface area is 83.0 Å². The zero-order chi connectivity index (χ0) is 10.1. The number of nitrogens with zero attached hydrogens (tertiary/aromatic N) is 1. The molecule has 1 aliphatic heterocycles. The molecule has 2 rings (SSSR count). The van der Waals surface area contributed by atoms with E-state index in [1.807, 2.05) is 25.1 Å². The second kappa shape index (κ2) is 3.14. The van der Waals surface area contributed by atoms with Gasteiger partial charge in [-0.25, -0.2) is 4.99 Å². The topological polar surface area (TPSA) is 24.4 Å². The summed E-state index contributed by atoms with van der Waals surface area (Å²) in [4.78, 5) is 4.37. The van der Waals surface area contributed by atoms with E-state index in [0.717, 1.165) is 27.7 Å². The minimum absolute atomic E-state index is 0.887. The van der Waals surface area contributed by atoms with E-state index in [0.29, 0.717) is 0 Å². The number of hydrogen-bond acceptors (Lipinski definition) is 2. The van der Waals surface area contributed by atoms with Crippen LogP contribution in [0.1, 0.15) is 6.92 Å². The van der Waals surface area contributed by atoms with Crippen molar-refractivity contribution in [1.29, 1.82) is 0 Å². The Morgan fingerprint density at radius 2 is 2.21 bits per heavy atom. The summed E-state index contributed by atoms with van der Waals surface area (Å²) in [6.07, 6.45) is 1.76. The molecule has 70 valence electrons. The molecule has 0 amide bonds. The molecule has 14 heavy (non-hydrogen) atoms. The van der Waals surface area contributed by atoms with E-state index >= 15 is 0 Å². The molecule has 0 saturated carbocycles. The van der Waals surface area contributed by atoms with E-state index in [1.165, 1.54) is 0 Å². The first-order chi connectivity index (χ1) is 6.72. The average Bonchev–Trinajstić information content (AvgIpc) is 2.16. The molecular formula is C12H12N2. The SMILES string of the molecule is C=CC1=c2c(cccc2=C)NC(C)=N1. The quantitative estimate of drug-likeness (QED) is 0.697. The van der Waals surface area contributed by atoms with Gasteiger partial charge in [0.05, 0.1) is 5.70 Å². The maximum absolute atomic E-state index is 4.37. The van der Waals surface area contributed by atoms with Gasteiger partial charge in [0.1, 0.15) is 5.84 Å². The number of hydrogen-bond donors (Lipinski definition) is 1. The van der Waals surface area contributed by atoms with Crippen molar-refractivity contribution in [3.63, 3.8) is 0 Å². The number of fused-ring (bicyclic) bond motifs is 1. The van der Waals surface area contributed by atoms with Crippen molar-refractivity contribution in [2.24, 2.45) is 4.99 Å². The van der Waals surface area contributed by atoms with E-state index in [2.05, 4.69) is 23.5 Å². The molecule has 1 aromatic rings. The van der Waals surface area contributed by atoms with Crippen LogP contribution in [0.3, 0.4) is 0 Å². The Kier molecular flexibility index (Phi) is 1.97. The molecule has 0 spiro atoms. The highest BCUT2D eigenvalue weighted by molar-refractivity contribution is 5.99. The van der Waals surface area contributed by atoms with Crippen molar-refractivity contribution in [2.45, 2.75) is 6.92 Å².